The van der Waals surface area contributed by atoms with Crippen LogP contribution in [0.5, 0.6) is 0 Å². The molecule has 0 bridgehead atoms. The van der Waals surface area contributed by atoms with Gasteiger partial charge in [-0.1, -0.05) is 6.07 Å². The second kappa shape index (κ2) is 4.01. The number of nitrogens with one attached hydrogen (secondary N) is 2. The molecule has 0 aliphatic carbocycles. The highest BCUT2D eigenvalue weighted by molar-refractivity contribution is 6.02. The number of hydrogen-bond acceptors (Lipinski definition) is 3. The number of hydrogen-bond donors (Lipinski definition) is 3. The SMILES string of the molecule is Nc1c[nH]c(C(=O)Nc2cccc(F)n2)c1. The van der Waals surface area contributed by atoms with Crippen LogP contribution in [0.25, 0.3) is 0 Å². The van der Waals surface area contributed by atoms with Crippen molar-refractivity contribution in [2.24, 2.45) is 0 Å². The summed E-state index contributed by atoms with van der Waals surface area (Å²) in [7, 11) is 0. The Bertz CT molecular complexity index is 523. The topological polar surface area (TPSA) is 83.8 Å². The smallest absolute Gasteiger partial charge is 0.273 e. The summed E-state index contributed by atoms with van der Waals surface area (Å²) in [6.45, 7) is 0. The van der Waals surface area contributed by atoms with E-state index in [2.05, 4.69) is 15.3 Å². The third-order valence-corrected chi connectivity index (χ3v) is 1.91. The van der Waals surface area contributed by atoms with Crippen molar-refractivity contribution in [1.82, 2.24) is 9.97 Å². The quantitative estimate of drug-likeness (QED) is 0.668. The molecular weight excluding hydrogens is 211 g/mol. The van der Waals surface area contributed by atoms with Crippen LogP contribution in [0.2, 0.25) is 0 Å². The number of nitrogen functional groups attached to an aromatic ring is 1. The minimum Gasteiger partial charge on any atom is -0.397 e. The zero-order chi connectivity index (χ0) is 11.5. The largest absolute Gasteiger partial charge is 0.397 e. The molecule has 2 aromatic rings. The summed E-state index contributed by atoms with van der Waals surface area (Å²) in [6.07, 6.45) is 1.49. The van der Waals surface area contributed by atoms with Crippen molar-refractivity contribution in [3.05, 3.63) is 42.1 Å². The Hall–Kier alpha value is -2.37. The standard InChI is InChI=1S/C10H9FN4O/c11-8-2-1-3-9(14-8)15-10(16)7-4-6(12)5-13-7/h1-5,13H,12H2,(H,14,15,16). The van der Waals surface area contributed by atoms with Gasteiger partial charge < -0.3 is 16.0 Å². The predicted octanol–water partition coefficient (Wildman–Crippen LogP) is 1.38. The molecule has 2 aromatic heterocycles. The third kappa shape index (κ3) is 2.17. The van der Waals surface area contributed by atoms with Crippen LogP contribution in [0.1, 0.15) is 10.5 Å². The lowest BCUT2D eigenvalue weighted by Crippen LogP contribution is -2.13. The van der Waals surface area contributed by atoms with Gasteiger partial charge in [-0.05, 0) is 18.2 Å². The van der Waals surface area contributed by atoms with E-state index in [1.54, 1.807) is 0 Å². The van der Waals surface area contributed by atoms with Gasteiger partial charge in [-0.3, -0.25) is 4.79 Å². The monoisotopic (exact) mass is 220 g/mol. The van der Waals surface area contributed by atoms with E-state index in [-0.39, 0.29) is 5.82 Å². The molecule has 2 heterocycles. The number of amides is 1. The van der Waals surface area contributed by atoms with Crippen molar-refractivity contribution in [1.29, 1.82) is 0 Å². The summed E-state index contributed by atoms with van der Waals surface area (Å²) < 4.78 is 12.7. The molecule has 0 spiro atoms. The predicted molar refractivity (Wildman–Crippen MR) is 57.4 cm³/mol. The number of aromatic amines is 1. The number of nitrogens with zero attached hydrogens (tertiary/aromatic N) is 1. The van der Waals surface area contributed by atoms with Gasteiger partial charge in [0.25, 0.3) is 5.91 Å². The number of H-pyrrole nitrogens is 1. The normalized spacial score (nSPS) is 10.1. The van der Waals surface area contributed by atoms with Crippen molar-refractivity contribution in [3.8, 4) is 0 Å². The number of halogens is 1. The summed E-state index contributed by atoms with van der Waals surface area (Å²) in [5, 5.41) is 2.44. The number of aromatic nitrogens is 2. The molecule has 2 rings (SSSR count). The molecule has 4 N–H and O–H groups in total. The molecular formula is C10H9FN4O. The highest BCUT2D eigenvalue weighted by atomic mass is 19.1. The Balaban J connectivity index is 2.13. The van der Waals surface area contributed by atoms with Gasteiger partial charge in [0, 0.05) is 11.9 Å². The van der Waals surface area contributed by atoms with Crippen molar-refractivity contribution in [3.63, 3.8) is 0 Å². The zero-order valence-electron chi connectivity index (χ0n) is 8.20. The van der Waals surface area contributed by atoms with E-state index in [0.29, 0.717) is 11.4 Å². The molecule has 0 aliphatic rings. The molecule has 0 fully saturated rings. The molecule has 0 aliphatic heterocycles. The summed E-state index contributed by atoms with van der Waals surface area (Å²) in [5.74, 6) is -0.920. The van der Waals surface area contributed by atoms with Crippen LogP contribution in [0, 0.1) is 5.95 Å². The maximum absolute atomic E-state index is 12.7. The Labute approximate surface area is 90.5 Å². The molecule has 82 valence electrons. The Kier molecular flexibility index (Phi) is 2.55. The van der Waals surface area contributed by atoms with Crippen molar-refractivity contribution < 1.29 is 9.18 Å². The van der Waals surface area contributed by atoms with Crippen molar-refractivity contribution >= 4 is 17.4 Å². The average molecular weight is 220 g/mol. The second-order valence-corrected chi connectivity index (χ2v) is 3.15. The second-order valence-electron chi connectivity index (χ2n) is 3.15. The first-order valence-corrected chi connectivity index (χ1v) is 4.53. The maximum atomic E-state index is 12.7. The number of anilines is 2. The van der Waals surface area contributed by atoms with Gasteiger partial charge in [0.05, 0.1) is 0 Å². The molecule has 16 heavy (non-hydrogen) atoms. The van der Waals surface area contributed by atoms with Crippen molar-refractivity contribution in [2.75, 3.05) is 11.1 Å². The van der Waals surface area contributed by atoms with Crippen LogP contribution in [-0.2, 0) is 0 Å². The lowest BCUT2D eigenvalue weighted by molar-refractivity contribution is 0.102. The molecule has 0 atom stereocenters. The number of carbonyl (C=O) groups is 1. The molecule has 6 heteroatoms. The lowest BCUT2D eigenvalue weighted by atomic mass is 10.4. The van der Waals surface area contributed by atoms with Gasteiger partial charge in [0.15, 0.2) is 0 Å². The van der Waals surface area contributed by atoms with Crippen LogP contribution in [0.3, 0.4) is 0 Å². The number of rotatable bonds is 2. The maximum Gasteiger partial charge on any atom is 0.273 e. The van der Waals surface area contributed by atoms with E-state index < -0.39 is 11.9 Å². The highest BCUT2D eigenvalue weighted by Crippen LogP contribution is 2.08. The van der Waals surface area contributed by atoms with E-state index in [9.17, 15) is 9.18 Å². The molecule has 0 radical (unpaired) electrons. The van der Waals surface area contributed by atoms with Gasteiger partial charge >= 0.3 is 0 Å². The third-order valence-electron chi connectivity index (χ3n) is 1.91. The zero-order valence-corrected chi connectivity index (χ0v) is 8.20. The first-order valence-electron chi connectivity index (χ1n) is 4.53. The number of pyridine rings is 1. The summed E-state index contributed by atoms with van der Waals surface area (Å²) in [5.41, 5.74) is 6.20. The fourth-order valence-corrected chi connectivity index (χ4v) is 1.20. The summed E-state index contributed by atoms with van der Waals surface area (Å²) in [6, 6.07) is 5.63. The first kappa shape index (κ1) is 10.2. The van der Waals surface area contributed by atoms with Crippen LogP contribution in [0.15, 0.2) is 30.5 Å². The van der Waals surface area contributed by atoms with Gasteiger partial charge in [0.2, 0.25) is 5.95 Å². The Morgan fingerprint density at radius 2 is 2.31 bits per heavy atom. The average Bonchev–Trinajstić information content (AvgIpc) is 2.65. The lowest BCUT2D eigenvalue weighted by Gasteiger charge is -2.01. The molecule has 0 aromatic carbocycles. The van der Waals surface area contributed by atoms with Crippen LogP contribution in [0.4, 0.5) is 15.9 Å². The Morgan fingerprint density at radius 3 is 2.94 bits per heavy atom. The van der Waals surface area contributed by atoms with E-state index in [4.69, 9.17) is 5.73 Å². The van der Waals surface area contributed by atoms with Gasteiger partial charge in [-0.2, -0.15) is 4.39 Å². The molecule has 0 unspecified atom stereocenters. The first-order chi connectivity index (χ1) is 7.65. The fraction of sp³-hybridized carbons (Fsp3) is 0. The number of nitrogens with two attached hydrogens (primary N) is 1. The van der Waals surface area contributed by atoms with Gasteiger partial charge in [-0.25, -0.2) is 4.98 Å². The van der Waals surface area contributed by atoms with Gasteiger partial charge in [-0.15, -0.1) is 0 Å². The summed E-state index contributed by atoms with van der Waals surface area (Å²) in [4.78, 5) is 17.8. The van der Waals surface area contributed by atoms with Crippen LogP contribution >= 0.6 is 0 Å². The van der Waals surface area contributed by atoms with Gasteiger partial charge in [0.1, 0.15) is 11.5 Å². The van der Waals surface area contributed by atoms with E-state index in [0.717, 1.165) is 0 Å². The van der Waals surface area contributed by atoms with Crippen LogP contribution < -0.4 is 11.1 Å². The summed E-state index contributed by atoms with van der Waals surface area (Å²) >= 11 is 0. The molecule has 0 saturated carbocycles. The van der Waals surface area contributed by atoms with Crippen molar-refractivity contribution in [2.45, 2.75) is 0 Å². The minimum atomic E-state index is -0.649. The Morgan fingerprint density at radius 1 is 1.50 bits per heavy atom. The molecule has 0 saturated heterocycles. The van der Waals surface area contributed by atoms with E-state index in [1.165, 1.54) is 30.5 Å². The van der Waals surface area contributed by atoms with E-state index in [1.807, 2.05) is 0 Å². The number of carbonyl (C=O) groups excluding carboxylic acids is 1. The fourth-order valence-electron chi connectivity index (χ4n) is 1.20. The van der Waals surface area contributed by atoms with Crippen LogP contribution in [-0.4, -0.2) is 15.9 Å². The highest BCUT2D eigenvalue weighted by Gasteiger charge is 2.08. The van der Waals surface area contributed by atoms with E-state index >= 15 is 0 Å². The molecule has 1 amide bonds. The minimum absolute atomic E-state index is 0.151. The molecule has 5 nitrogen and oxygen atoms in total.